The molecular formula is C19H18N2O4. The summed E-state index contributed by atoms with van der Waals surface area (Å²) in [5.41, 5.74) is 2.35. The van der Waals surface area contributed by atoms with Gasteiger partial charge in [0.15, 0.2) is 0 Å². The van der Waals surface area contributed by atoms with Gasteiger partial charge in [0.2, 0.25) is 5.56 Å². The highest BCUT2D eigenvalue weighted by molar-refractivity contribution is 6.05. The van der Waals surface area contributed by atoms with Gasteiger partial charge in [-0.2, -0.15) is 0 Å². The maximum atomic E-state index is 12.3. The van der Waals surface area contributed by atoms with Crippen LogP contribution in [0, 0.1) is 0 Å². The van der Waals surface area contributed by atoms with Gasteiger partial charge >= 0.3 is 0 Å². The van der Waals surface area contributed by atoms with Crippen LogP contribution in [-0.4, -0.2) is 25.1 Å². The largest absolute Gasteiger partial charge is 0.497 e. The Labute approximate surface area is 144 Å². The van der Waals surface area contributed by atoms with Crippen LogP contribution in [0.15, 0.2) is 53.3 Å². The van der Waals surface area contributed by atoms with E-state index in [2.05, 4.69) is 10.3 Å². The summed E-state index contributed by atoms with van der Waals surface area (Å²) in [6, 6.07) is 13.7. The molecule has 6 heteroatoms. The maximum absolute atomic E-state index is 12.3. The third-order valence-electron chi connectivity index (χ3n) is 3.84. The predicted molar refractivity (Wildman–Crippen MR) is 96.2 cm³/mol. The van der Waals surface area contributed by atoms with Gasteiger partial charge < -0.3 is 19.8 Å². The number of methoxy groups -OCH3 is 2. The van der Waals surface area contributed by atoms with E-state index < -0.39 is 0 Å². The summed E-state index contributed by atoms with van der Waals surface area (Å²) in [6.45, 7) is 0.345. The van der Waals surface area contributed by atoms with Gasteiger partial charge in [-0.05, 0) is 42.0 Å². The molecule has 0 saturated carbocycles. The van der Waals surface area contributed by atoms with Crippen molar-refractivity contribution in [1.82, 2.24) is 4.98 Å². The fourth-order valence-corrected chi connectivity index (χ4v) is 2.63. The summed E-state index contributed by atoms with van der Waals surface area (Å²) < 4.78 is 10.2. The van der Waals surface area contributed by atoms with Crippen molar-refractivity contribution in [2.45, 2.75) is 6.61 Å². The Morgan fingerprint density at radius 2 is 1.84 bits per heavy atom. The molecule has 2 aromatic carbocycles. The second-order valence-corrected chi connectivity index (χ2v) is 5.53. The van der Waals surface area contributed by atoms with E-state index in [9.17, 15) is 9.59 Å². The fourth-order valence-electron chi connectivity index (χ4n) is 2.63. The zero-order valence-electron chi connectivity index (χ0n) is 14.0. The normalized spacial score (nSPS) is 10.6. The van der Waals surface area contributed by atoms with E-state index in [1.54, 1.807) is 50.6 Å². The van der Waals surface area contributed by atoms with Crippen molar-refractivity contribution in [1.29, 1.82) is 0 Å². The molecule has 3 aromatic rings. The Hall–Kier alpha value is -3.12. The topological polar surface area (TPSA) is 80.4 Å². The summed E-state index contributed by atoms with van der Waals surface area (Å²) in [7, 11) is 3.15. The number of hydrogen-bond donors (Lipinski definition) is 2. The minimum atomic E-state index is -0.239. The minimum absolute atomic E-state index is 0.210. The van der Waals surface area contributed by atoms with Crippen molar-refractivity contribution in [2.75, 3.05) is 19.5 Å². The van der Waals surface area contributed by atoms with E-state index in [1.807, 2.05) is 6.07 Å². The average molecular weight is 338 g/mol. The third kappa shape index (κ3) is 3.70. The van der Waals surface area contributed by atoms with Gasteiger partial charge in [-0.25, -0.2) is 0 Å². The number of ether oxygens (including phenoxy) is 2. The number of amides is 1. The number of pyridine rings is 1. The summed E-state index contributed by atoms with van der Waals surface area (Å²) in [5, 5.41) is 3.70. The number of anilines is 1. The summed E-state index contributed by atoms with van der Waals surface area (Å²) in [5.74, 6) is 0.447. The minimum Gasteiger partial charge on any atom is -0.497 e. The summed E-state index contributed by atoms with van der Waals surface area (Å²) in [6.07, 6.45) is 0. The van der Waals surface area contributed by atoms with E-state index in [-0.39, 0.29) is 11.5 Å². The number of fused-ring (bicyclic) bond motifs is 1. The number of carbonyl (C=O) groups is 1. The molecule has 6 nitrogen and oxygen atoms in total. The first kappa shape index (κ1) is 16.7. The van der Waals surface area contributed by atoms with Crippen LogP contribution in [0.2, 0.25) is 0 Å². The van der Waals surface area contributed by atoms with Crippen LogP contribution in [0.1, 0.15) is 15.9 Å². The zero-order valence-corrected chi connectivity index (χ0v) is 14.0. The highest BCUT2D eigenvalue weighted by Gasteiger charge is 2.09. The summed E-state index contributed by atoms with van der Waals surface area (Å²) >= 11 is 0. The van der Waals surface area contributed by atoms with Crippen molar-refractivity contribution in [3.8, 4) is 5.75 Å². The molecule has 0 aliphatic carbocycles. The molecule has 0 aliphatic heterocycles. The number of rotatable bonds is 5. The van der Waals surface area contributed by atoms with Crippen LogP contribution < -0.4 is 15.6 Å². The molecule has 0 saturated heterocycles. The fraction of sp³-hybridized carbons (Fsp3) is 0.158. The zero-order chi connectivity index (χ0) is 17.8. The Morgan fingerprint density at radius 3 is 2.52 bits per heavy atom. The molecule has 0 unspecified atom stereocenters. The number of nitrogens with one attached hydrogen (secondary N) is 2. The molecule has 0 fully saturated rings. The number of aromatic nitrogens is 1. The van der Waals surface area contributed by atoms with Gasteiger partial charge in [0, 0.05) is 29.8 Å². The Bertz CT molecular complexity index is 961. The first-order chi connectivity index (χ1) is 12.1. The molecule has 128 valence electrons. The van der Waals surface area contributed by atoms with E-state index in [4.69, 9.17) is 9.47 Å². The van der Waals surface area contributed by atoms with Crippen LogP contribution in [0.5, 0.6) is 5.75 Å². The van der Waals surface area contributed by atoms with Crippen molar-refractivity contribution in [2.24, 2.45) is 0 Å². The van der Waals surface area contributed by atoms with Crippen molar-refractivity contribution in [3.63, 3.8) is 0 Å². The molecule has 1 aromatic heterocycles. The van der Waals surface area contributed by atoms with Gasteiger partial charge in [0.05, 0.1) is 19.2 Å². The monoisotopic (exact) mass is 338 g/mol. The number of aromatic amines is 1. The second-order valence-electron chi connectivity index (χ2n) is 5.53. The first-order valence-electron chi connectivity index (χ1n) is 7.71. The van der Waals surface area contributed by atoms with Crippen molar-refractivity contribution in [3.05, 3.63) is 70.0 Å². The lowest BCUT2D eigenvalue weighted by molar-refractivity contribution is 0.102. The number of H-pyrrole nitrogens is 1. The Balaban J connectivity index is 1.88. The molecule has 25 heavy (non-hydrogen) atoms. The van der Waals surface area contributed by atoms with Crippen LogP contribution in [0.4, 0.5) is 5.69 Å². The second kappa shape index (κ2) is 7.19. The Morgan fingerprint density at radius 1 is 1.08 bits per heavy atom. The lowest BCUT2D eigenvalue weighted by atomic mass is 10.1. The Kier molecular flexibility index (Phi) is 4.81. The lowest BCUT2D eigenvalue weighted by Gasteiger charge is -2.09. The highest BCUT2D eigenvalue weighted by Crippen LogP contribution is 2.21. The van der Waals surface area contributed by atoms with Gasteiger partial charge in [0.25, 0.3) is 5.91 Å². The van der Waals surface area contributed by atoms with Crippen molar-refractivity contribution >= 4 is 22.5 Å². The number of hydrogen-bond acceptors (Lipinski definition) is 4. The van der Waals surface area contributed by atoms with E-state index in [1.165, 1.54) is 6.07 Å². The third-order valence-corrected chi connectivity index (χ3v) is 3.84. The van der Waals surface area contributed by atoms with Crippen LogP contribution >= 0.6 is 0 Å². The maximum Gasteiger partial charge on any atom is 0.255 e. The standard InChI is InChI=1S/C19H18N2O4/c1-24-11-13-9-18(22)21-17-10-14(5-8-16(13)17)20-19(23)12-3-6-15(25-2)7-4-12/h3-10H,11H2,1-2H3,(H,20,23)(H,21,22). The number of benzene rings is 2. The molecule has 0 atom stereocenters. The van der Waals surface area contributed by atoms with Gasteiger partial charge in [-0.15, -0.1) is 0 Å². The van der Waals surface area contributed by atoms with Gasteiger partial charge in [0.1, 0.15) is 5.75 Å². The van der Waals surface area contributed by atoms with Gasteiger partial charge in [-0.3, -0.25) is 9.59 Å². The lowest BCUT2D eigenvalue weighted by Crippen LogP contribution is -2.12. The molecule has 2 N–H and O–H groups in total. The van der Waals surface area contributed by atoms with Crippen LogP contribution in [0.25, 0.3) is 10.9 Å². The predicted octanol–water partition coefficient (Wildman–Crippen LogP) is 2.94. The first-order valence-corrected chi connectivity index (χ1v) is 7.71. The SMILES string of the molecule is COCc1cc(=O)[nH]c2cc(NC(=O)c3ccc(OC)cc3)ccc12. The average Bonchev–Trinajstić information content (AvgIpc) is 2.61. The van der Waals surface area contributed by atoms with Crippen LogP contribution in [0.3, 0.4) is 0 Å². The molecule has 0 aliphatic rings. The van der Waals surface area contributed by atoms with E-state index in [0.29, 0.717) is 29.1 Å². The number of carbonyl (C=O) groups excluding carboxylic acids is 1. The molecular weight excluding hydrogens is 320 g/mol. The molecule has 3 rings (SSSR count). The molecule has 0 spiro atoms. The quantitative estimate of drug-likeness (QED) is 0.749. The van der Waals surface area contributed by atoms with Gasteiger partial charge in [-0.1, -0.05) is 6.07 Å². The molecule has 1 amide bonds. The molecule has 0 radical (unpaired) electrons. The smallest absolute Gasteiger partial charge is 0.255 e. The molecule has 0 bridgehead atoms. The van der Waals surface area contributed by atoms with Crippen molar-refractivity contribution < 1.29 is 14.3 Å². The van der Waals surface area contributed by atoms with E-state index in [0.717, 1.165) is 10.9 Å². The summed E-state index contributed by atoms with van der Waals surface area (Å²) in [4.78, 5) is 26.9. The van der Waals surface area contributed by atoms with Crippen LogP contribution in [-0.2, 0) is 11.3 Å². The van der Waals surface area contributed by atoms with E-state index >= 15 is 0 Å². The molecule has 1 heterocycles. The highest BCUT2D eigenvalue weighted by atomic mass is 16.5.